The summed E-state index contributed by atoms with van der Waals surface area (Å²) in [6, 6.07) is 0. The maximum atomic E-state index is 12.1. The maximum absolute atomic E-state index is 12.1. The Labute approximate surface area is 111 Å². The van der Waals surface area contributed by atoms with Gasteiger partial charge in [0, 0.05) is 33.2 Å². The van der Waals surface area contributed by atoms with Crippen molar-refractivity contribution in [3.63, 3.8) is 0 Å². The van der Waals surface area contributed by atoms with Crippen LogP contribution in [0.1, 0.15) is 0 Å². The Morgan fingerprint density at radius 3 is 2.39 bits per heavy atom. The Morgan fingerprint density at radius 2 is 1.89 bits per heavy atom. The Balaban J connectivity index is 2.10. The lowest BCUT2D eigenvalue weighted by molar-refractivity contribution is 0.134. The predicted octanol–water partition coefficient (Wildman–Crippen LogP) is -0.486. The van der Waals surface area contributed by atoms with E-state index in [0.29, 0.717) is 13.1 Å². The summed E-state index contributed by atoms with van der Waals surface area (Å²) in [6.07, 6.45) is 1.38. The zero-order chi connectivity index (χ0) is 13.3. The third-order valence-corrected chi connectivity index (χ3v) is 4.71. The van der Waals surface area contributed by atoms with E-state index >= 15 is 0 Å². The van der Waals surface area contributed by atoms with Crippen LogP contribution in [0.25, 0.3) is 0 Å². The topological polar surface area (TPSA) is 70.5 Å². The van der Waals surface area contributed by atoms with E-state index in [4.69, 9.17) is 11.6 Å². The van der Waals surface area contributed by atoms with Gasteiger partial charge in [0.2, 0.25) is 5.03 Å². The van der Waals surface area contributed by atoms with E-state index in [-0.39, 0.29) is 10.2 Å². The Morgan fingerprint density at radius 1 is 1.28 bits per heavy atom. The Hall–Kier alpha value is -0.670. The van der Waals surface area contributed by atoms with Gasteiger partial charge in [-0.15, -0.1) is 4.83 Å². The van der Waals surface area contributed by atoms with Gasteiger partial charge in [0.05, 0.1) is 6.33 Å². The summed E-state index contributed by atoms with van der Waals surface area (Å²) in [5.41, 5.74) is 0. The van der Waals surface area contributed by atoms with Crippen molar-refractivity contribution in [3.8, 4) is 0 Å². The number of rotatable bonds is 3. The average Bonchev–Trinajstić information content (AvgIpc) is 2.63. The molecule has 1 saturated heterocycles. The summed E-state index contributed by atoms with van der Waals surface area (Å²) in [7, 11) is -0.0492. The van der Waals surface area contributed by atoms with Gasteiger partial charge in [-0.3, -0.25) is 0 Å². The van der Waals surface area contributed by atoms with Gasteiger partial charge in [-0.05, 0) is 7.05 Å². The van der Waals surface area contributed by atoms with Gasteiger partial charge in [0.15, 0.2) is 0 Å². The number of halogens is 1. The number of nitrogens with one attached hydrogen (secondary N) is 1. The molecule has 0 amide bonds. The fraction of sp³-hybridized carbons (Fsp3) is 0.667. The number of aryl methyl sites for hydroxylation is 1. The predicted molar refractivity (Wildman–Crippen MR) is 67.6 cm³/mol. The lowest BCUT2D eigenvalue weighted by Crippen LogP contribution is -2.52. The molecule has 0 spiro atoms. The van der Waals surface area contributed by atoms with Crippen LogP contribution in [0.4, 0.5) is 0 Å². The minimum Gasteiger partial charge on any atom is -0.324 e. The maximum Gasteiger partial charge on any atom is 0.274 e. The quantitative estimate of drug-likeness (QED) is 0.815. The summed E-state index contributed by atoms with van der Waals surface area (Å²) in [5.74, 6) is 0. The largest absolute Gasteiger partial charge is 0.324 e. The first-order valence-electron chi connectivity index (χ1n) is 5.53. The molecule has 1 aromatic heterocycles. The molecule has 0 atom stereocenters. The summed E-state index contributed by atoms with van der Waals surface area (Å²) in [6.45, 7) is 2.91. The van der Waals surface area contributed by atoms with Gasteiger partial charge in [-0.25, -0.2) is 18.4 Å². The van der Waals surface area contributed by atoms with E-state index in [1.165, 1.54) is 10.9 Å². The lowest BCUT2D eigenvalue weighted by Gasteiger charge is -2.31. The number of piperazine rings is 1. The zero-order valence-electron chi connectivity index (χ0n) is 10.3. The summed E-state index contributed by atoms with van der Waals surface area (Å²) < 4.78 is 25.6. The van der Waals surface area contributed by atoms with Crippen molar-refractivity contribution in [2.45, 2.75) is 5.03 Å². The fourth-order valence-corrected chi connectivity index (χ4v) is 3.24. The number of aromatic nitrogens is 2. The summed E-state index contributed by atoms with van der Waals surface area (Å²) in [4.78, 5) is 8.45. The van der Waals surface area contributed by atoms with E-state index in [1.54, 1.807) is 12.1 Å². The molecule has 102 valence electrons. The van der Waals surface area contributed by atoms with Crippen molar-refractivity contribution in [2.24, 2.45) is 7.05 Å². The van der Waals surface area contributed by atoms with Crippen LogP contribution < -0.4 is 4.83 Å². The molecule has 2 heterocycles. The molecule has 1 fully saturated rings. The van der Waals surface area contributed by atoms with Crippen LogP contribution in [0.5, 0.6) is 0 Å². The van der Waals surface area contributed by atoms with Crippen LogP contribution in [0.3, 0.4) is 0 Å². The second kappa shape index (κ2) is 5.14. The smallest absolute Gasteiger partial charge is 0.274 e. The average molecular weight is 294 g/mol. The van der Waals surface area contributed by atoms with E-state index in [2.05, 4.69) is 14.7 Å². The normalized spacial score (nSPS) is 19.3. The minimum atomic E-state index is -3.69. The van der Waals surface area contributed by atoms with E-state index in [0.717, 1.165) is 13.1 Å². The molecule has 7 nitrogen and oxygen atoms in total. The van der Waals surface area contributed by atoms with Crippen LogP contribution in [-0.2, 0) is 17.1 Å². The fourth-order valence-electron chi connectivity index (χ4n) is 1.69. The van der Waals surface area contributed by atoms with Crippen molar-refractivity contribution < 1.29 is 8.42 Å². The van der Waals surface area contributed by atoms with Gasteiger partial charge in [0.25, 0.3) is 10.0 Å². The van der Waals surface area contributed by atoms with Gasteiger partial charge in [-0.1, -0.05) is 11.6 Å². The van der Waals surface area contributed by atoms with Crippen molar-refractivity contribution in [3.05, 3.63) is 11.5 Å². The second-order valence-corrected chi connectivity index (χ2v) is 6.27. The van der Waals surface area contributed by atoms with Crippen molar-refractivity contribution in [1.82, 2.24) is 24.3 Å². The van der Waals surface area contributed by atoms with Crippen molar-refractivity contribution in [1.29, 1.82) is 0 Å². The molecule has 1 aromatic rings. The van der Waals surface area contributed by atoms with Crippen molar-refractivity contribution in [2.75, 3.05) is 33.2 Å². The molecule has 0 unspecified atom stereocenters. The molecule has 9 heteroatoms. The SMILES string of the molecule is CN1CCN(NS(=O)(=O)c2ncn(C)c2Cl)CC1. The number of hydrogen-bond donors (Lipinski definition) is 1. The number of likely N-dealkylation sites (N-methyl/N-ethyl adjacent to an activating group) is 1. The first-order chi connectivity index (χ1) is 8.40. The van der Waals surface area contributed by atoms with Gasteiger partial charge >= 0.3 is 0 Å². The highest BCUT2D eigenvalue weighted by Gasteiger charge is 2.26. The van der Waals surface area contributed by atoms with Gasteiger partial charge in [0.1, 0.15) is 5.15 Å². The first-order valence-corrected chi connectivity index (χ1v) is 7.39. The molecule has 0 aromatic carbocycles. The van der Waals surface area contributed by atoms with E-state index in [9.17, 15) is 8.42 Å². The third-order valence-electron chi connectivity index (χ3n) is 2.84. The zero-order valence-corrected chi connectivity index (χ0v) is 11.9. The van der Waals surface area contributed by atoms with Crippen LogP contribution in [-0.4, -0.2) is 61.1 Å². The molecule has 1 aliphatic rings. The number of hydrazine groups is 1. The van der Waals surface area contributed by atoms with E-state index in [1.807, 2.05) is 7.05 Å². The van der Waals surface area contributed by atoms with Crippen LogP contribution >= 0.6 is 11.6 Å². The number of imidazole rings is 1. The monoisotopic (exact) mass is 293 g/mol. The Bertz CT molecular complexity index is 521. The highest BCUT2D eigenvalue weighted by atomic mass is 35.5. The first kappa shape index (κ1) is 13.8. The van der Waals surface area contributed by atoms with Crippen LogP contribution in [0, 0.1) is 0 Å². The summed E-state index contributed by atoms with van der Waals surface area (Å²) in [5, 5.41) is 1.64. The number of nitrogens with zero attached hydrogens (tertiary/aromatic N) is 4. The molecule has 1 aliphatic heterocycles. The molecule has 0 bridgehead atoms. The van der Waals surface area contributed by atoms with E-state index < -0.39 is 10.0 Å². The number of hydrogen-bond acceptors (Lipinski definition) is 5. The molecule has 0 saturated carbocycles. The molecule has 1 N–H and O–H groups in total. The lowest BCUT2D eigenvalue weighted by atomic mass is 10.4. The third kappa shape index (κ3) is 2.83. The standard InChI is InChI=1S/C9H16ClN5O2S/c1-13-3-5-15(6-4-13)12-18(16,17)9-8(10)14(2)7-11-9/h7,12H,3-6H2,1-2H3. The number of sulfonamides is 1. The molecular formula is C9H16ClN5O2S. The highest BCUT2D eigenvalue weighted by molar-refractivity contribution is 7.89. The van der Waals surface area contributed by atoms with Gasteiger partial charge < -0.3 is 9.47 Å². The molecule has 0 aliphatic carbocycles. The summed E-state index contributed by atoms with van der Waals surface area (Å²) >= 11 is 5.89. The molecule has 0 radical (unpaired) electrons. The second-order valence-electron chi connectivity index (χ2n) is 4.34. The van der Waals surface area contributed by atoms with Gasteiger partial charge in [-0.2, -0.15) is 0 Å². The van der Waals surface area contributed by atoms with Crippen LogP contribution in [0.15, 0.2) is 11.4 Å². The minimum absolute atomic E-state index is 0.108. The highest BCUT2D eigenvalue weighted by Crippen LogP contribution is 2.18. The molecule has 18 heavy (non-hydrogen) atoms. The van der Waals surface area contributed by atoms with Crippen LogP contribution in [0.2, 0.25) is 5.15 Å². The molecule has 2 rings (SSSR count). The van der Waals surface area contributed by atoms with Crippen molar-refractivity contribution >= 4 is 21.6 Å². The Kier molecular flexibility index (Phi) is 3.93. The molecular weight excluding hydrogens is 278 g/mol.